The van der Waals surface area contributed by atoms with Crippen molar-refractivity contribution in [3.8, 4) is 12.3 Å². The normalized spacial score (nSPS) is 16.2. The molecule has 0 N–H and O–H groups in total. The maximum atomic E-state index is 12.2. The number of carbonyl (C=O) groups is 1. The first-order chi connectivity index (χ1) is 7.70. The molecule has 2 nitrogen and oxygen atoms in total. The smallest absolute Gasteiger partial charge is 0.233 e. The molecule has 1 aliphatic rings. The number of terminal acetylenes is 1. The monoisotopic (exact) mass is 213 g/mol. The summed E-state index contributed by atoms with van der Waals surface area (Å²) in [6.45, 7) is 0.382. The van der Waals surface area contributed by atoms with Gasteiger partial charge in [-0.3, -0.25) is 4.79 Å². The van der Waals surface area contributed by atoms with E-state index in [-0.39, 0.29) is 11.3 Å². The van der Waals surface area contributed by atoms with Crippen molar-refractivity contribution < 1.29 is 4.79 Å². The third-order valence-electron chi connectivity index (χ3n) is 3.16. The third-order valence-corrected chi connectivity index (χ3v) is 3.16. The van der Waals surface area contributed by atoms with Crippen molar-refractivity contribution in [2.75, 3.05) is 13.6 Å². The fourth-order valence-electron chi connectivity index (χ4n) is 2.08. The van der Waals surface area contributed by atoms with Gasteiger partial charge in [-0.1, -0.05) is 36.3 Å². The summed E-state index contributed by atoms with van der Waals surface area (Å²) in [6, 6.07) is 9.96. The number of amides is 1. The molecular formula is C14H15NO. The molecule has 0 aliphatic heterocycles. The van der Waals surface area contributed by atoms with Gasteiger partial charge in [0.15, 0.2) is 0 Å². The van der Waals surface area contributed by atoms with E-state index in [1.807, 2.05) is 30.3 Å². The molecule has 0 atom stereocenters. The Morgan fingerprint density at radius 3 is 2.56 bits per heavy atom. The van der Waals surface area contributed by atoms with E-state index in [1.165, 1.54) is 0 Å². The van der Waals surface area contributed by atoms with Gasteiger partial charge in [0.05, 0.1) is 12.0 Å². The van der Waals surface area contributed by atoms with Crippen LogP contribution < -0.4 is 0 Å². The van der Waals surface area contributed by atoms with Crippen molar-refractivity contribution >= 4 is 5.91 Å². The van der Waals surface area contributed by atoms with Gasteiger partial charge in [-0.25, -0.2) is 0 Å². The van der Waals surface area contributed by atoms with Crippen LogP contribution >= 0.6 is 0 Å². The fraction of sp³-hybridized carbons (Fsp3) is 0.357. The summed E-state index contributed by atoms with van der Waals surface area (Å²) in [5.74, 6) is 2.65. The predicted octanol–water partition coefficient (Wildman–Crippen LogP) is 1.81. The molecule has 1 amide bonds. The number of rotatable bonds is 3. The van der Waals surface area contributed by atoms with E-state index in [4.69, 9.17) is 6.42 Å². The SMILES string of the molecule is C#CCN(C)C(=O)C1(c2ccccc2)CC1. The van der Waals surface area contributed by atoms with Crippen LogP contribution in [0.25, 0.3) is 0 Å². The third kappa shape index (κ3) is 1.69. The second-order valence-corrected chi connectivity index (χ2v) is 4.31. The lowest BCUT2D eigenvalue weighted by atomic mass is 9.94. The molecule has 0 radical (unpaired) electrons. The first-order valence-electron chi connectivity index (χ1n) is 5.45. The summed E-state index contributed by atoms with van der Waals surface area (Å²) in [6.07, 6.45) is 7.10. The van der Waals surface area contributed by atoms with E-state index < -0.39 is 0 Å². The van der Waals surface area contributed by atoms with E-state index in [0.29, 0.717) is 6.54 Å². The molecule has 2 rings (SSSR count). The van der Waals surface area contributed by atoms with Crippen molar-refractivity contribution in [2.45, 2.75) is 18.3 Å². The van der Waals surface area contributed by atoms with Gasteiger partial charge in [0.25, 0.3) is 0 Å². The Labute approximate surface area is 96.3 Å². The van der Waals surface area contributed by atoms with E-state index in [1.54, 1.807) is 11.9 Å². The minimum absolute atomic E-state index is 0.150. The Bertz CT molecular complexity index is 426. The highest BCUT2D eigenvalue weighted by molar-refractivity contribution is 5.91. The largest absolute Gasteiger partial charge is 0.334 e. The van der Waals surface area contributed by atoms with Crippen LogP contribution in [0.2, 0.25) is 0 Å². The number of nitrogens with zero attached hydrogens (tertiary/aromatic N) is 1. The second kappa shape index (κ2) is 4.02. The summed E-state index contributed by atoms with van der Waals surface area (Å²) in [7, 11) is 1.77. The summed E-state index contributed by atoms with van der Waals surface area (Å²) >= 11 is 0. The summed E-state index contributed by atoms with van der Waals surface area (Å²) in [5, 5.41) is 0. The first kappa shape index (κ1) is 10.8. The lowest BCUT2D eigenvalue weighted by molar-refractivity contribution is -0.132. The Morgan fingerprint density at radius 1 is 1.44 bits per heavy atom. The van der Waals surface area contributed by atoms with Gasteiger partial charge in [0.1, 0.15) is 0 Å². The molecule has 0 aromatic heterocycles. The zero-order valence-electron chi connectivity index (χ0n) is 9.44. The molecular weight excluding hydrogens is 198 g/mol. The highest BCUT2D eigenvalue weighted by Crippen LogP contribution is 2.49. The zero-order valence-corrected chi connectivity index (χ0v) is 9.44. The van der Waals surface area contributed by atoms with Gasteiger partial charge in [0.2, 0.25) is 5.91 Å². The molecule has 1 aromatic carbocycles. The molecule has 1 fully saturated rings. The van der Waals surface area contributed by atoms with Crippen LogP contribution in [0, 0.1) is 12.3 Å². The minimum atomic E-state index is -0.285. The van der Waals surface area contributed by atoms with Crippen LogP contribution in [-0.2, 0) is 10.2 Å². The van der Waals surface area contributed by atoms with Gasteiger partial charge < -0.3 is 4.90 Å². The van der Waals surface area contributed by atoms with E-state index in [9.17, 15) is 4.79 Å². The first-order valence-corrected chi connectivity index (χ1v) is 5.45. The predicted molar refractivity (Wildman–Crippen MR) is 63.8 cm³/mol. The Hall–Kier alpha value is -1.75. The fourth-order valence-corrected chi connectivity index (χ4v) is 2.08. The van der Waals surface area contributed by atoms with Gasteiger partial charge in [-0.2, -0.15) is 0 Å². The minimum Gasteiger partial charge on any atom is -0.334 e. The summed E-state index contributed by atoms with van der Waals surface area (Å²) < 4.78 is 0. The van der Waals surface area contributed by atoms with E-state index >= 15 is 0 Å². The summed E-state index contributed by atoms with van der Waals surface area (Å²) in [4.78, 5) is 13.9. The van der Waals surface area contributed by atoms with Crippen LogP contribution in [-0.4, -0.2) is 24.4 Å². The Kier molecular flexibility index (Phi) is 2.70. The van der Waals surface area contributed by atoms with Gasteiger partial charge in [-0.05, 0) is 18.4 Å². The second-order valence-electron chi connectivity index (χ2n) is 4.31. The van der Waals surface area contributed by atoms with Crippen molar-refractivity contribution in [3.63, 3.8) is 0 Å². The van der Waals surface area contributed by atoms with Crippen LogP contribution in [0.15, 0.2) is 30.3 Å². The van der Waals surface area contributed by atoms with Crippen LogP contribution in [0.1, 0.15) is 18.4 Å². The van der Waals surface area contributed by atoms with Crippen molar-refractivity contribution in [3.05, 3.63) is 35.9 Å². The van der Waals surface area contributed by atoms with Crippen LogP contribution in [0.5, 0.6) is 0 Å². The average Bonchev–Trinajstić information content (AvgIpc) is 3.11. The standard InChI is InChI=1S/C14H15NO/c1-3-11-15(2)13(16)14(9-10-14)12-7-5-4-6-8-12/h1,4-8H,9-11H2,2H3. The molecule has 0 unspecified atom stereocenters. The van der Waals surface area contributed by atoms with Crippen LogP contribution in [0.4, 0.5) is 0 Å². The Morgan fingerprint density at radius 2 is 2.06 bits per heavy atom. The zero-order chi connectivity index (χ0) is 11.6. The van der Waals surface area contributed by atoms with Crippen molar-refractivity contribution in [1.29, 1.82) is 0 Å². The van der Waals surface area contributed by atoms with E-state index in [0.717, 1.165) is 18.4 Å². The van der Waals surface area contributed by atoms with Crippen molar-refractivity contribution in [1.82, 2.24) is 4.90 Å². The number of benzene rings is 1. The maximum absolute atomic E-state index is 12.2. The molecule has 2 heteroatoms. The quantitative estimate of drug-likeness (QED) is 0.701. The molecule has 16 heavy (non-hydrogen) atoms. The molecule has 1 aliphatic carbocycles. The molecule has 1 aromatic rings. The molecule has 1 saturated carbocycles. The molecule has 0 spiro atoms. The highest BCUT2D eigenvalue weighted by atomic mass is 16.2. The number of hydrogen-bond donors (Lipinski definition) is 0. The van der Waals surface area contributed by atoms with Gasteiger partial charge in [0, 0.05) is 7.05 Å². The maximum Gasteiger partial charge on any atom is 0.233 e. The molecule has 0 saturated heterocycles. The number of likely N-dealkylation sites (N-methyl/N-ethyl adjacent to an activating group) is 1. The topological polar surface area (TPSA) is 20.3 Å². The van der Waals surface area contributed by atoms with Crippen LogP contribution in [0.3, 0.4) is 0 Å². The van der Waals surface area contributed by atoms with Gasteiger partial charge in [-0.15, -0.1) is 6.42 Å². The lowest BCUT2D eigenvalue weighted by Gasteiger charge is -2.21. The Balaban J connectivity index is 2.21. The van der Waals surface area contributed by atoms with E-state index in [2.05, 4.69) is 5.92 Å². The molecule has 82 valence electrons. The average molecular weight is 213 g/mol. The van der Waals surface area contributed by atoms with Gasteiger partial charge >= 0.3 is 0 Å². The van der Waals surface area contributed by atoms with Crippen molar-refractivity contribution in [2.24, 2.45) is 0 Å². The summed E-state index contributed by atoms with van der Waals surface area (Å²) in [5.41, 5.74) is 0.830. The molecule has 0 heterocycles. The highest BCUT2D eigenvalue weighted by Gasteiger charge is 2.52. The lowest BCUT2D eigenvalue weighted by Crippen LogP contribution is -2.36. The number of hydrogen-bond acceptors (Lipinski definition) is 1. The molecule has 0 bridgehead atoms. The number of carbonyl (C=O) groups excluding carboxylic acids is 1.